The maximum atomic E-state index is 5.84. The predicted octanol–water partition coefficient (Wildman–Crippen LogP) is 5.88. The van der Waals surface area contributed by atoms with Crippen molar-refractivity contribution in [2.24, 2.45) is 0 Å². The summed E-state index contributed by atoms with van der Waals surface area (Å²) in [5.74, 6) is 2.16. The van der Waals surface area contributed by atoms with Crippen molar-refractivity contribution >= 4 is 46.7 Å². The van der Waals surface area contributed by atoms with E-state index in [0.29, 0.717) is 0 Å². The van der Waals surface area contributed by atoms with Crippen molar-refractivity contribution in [2.75, 3.05) is 11.5 Å². The van der Waals surface area contributed by atoms with Crippen LogP contribution in [0.2, 0.25) is 10.0 Å². The Balaban J connectivity index is 1.73. The zero-order valence-corrected chi connectivity index (χ0v) is 12.8. The highest BCUT2D eigenvalue weighted by Gasteiger charge is 1.97. The summed E-state index contributed by atoms with van der Waals surface area (Å²) < 4.78 is 0. The summed E-state index contributed by atoms with van der Waals surface area (Å²) in [7, 11) is 0. The van der Waals surface area contributed by atoms with Crippen LogP contribution in [-0.4, -0.2) is 11.5 Å². The molecule has 18 heavy (non-hydrogen) atoms. The summed E-state index contributed by atoms with van der Waals surface area (Å²) in [4.78, 5) is 2.52. The monoisotopic (exact) mass is 314 g/mol. The molecule has 0 aromatic heterocycles. The first-order valence-corrected chi connectivity index (χ1v) is 8.23. The van der Waals surface area contributed by atoms with Crippen molar-refractivity contribution in [3.63, 3.8) is 0 Å². The summed E-state index contributed by atoms with van der Waals surface area (Å²) in [5.41, 5.74) is 0. The number of benzene rings is 2. The molecule has 0 bridgehead atoms. The second-order valence-corrected chi connectivity index (χ2v) is 6.81. The molecule has 0 amide bonds. The normalized spacial score (nSPS) is 10.6. The maximum Gasteiger partial charge on any atom is 0.0406 e. The molecule has 0 saturated carbocycles. The van der Waals surface area contributed by atoms with Gasteiger partial charge in [0.2, 0.25) is 0 Å². The molecule has 0 aliphatic carbocycles. The molecule has 0 fully saturated rings. The number of thioether (sulfide) groups is 2. The number of hydrogen-bond acceptors (Lipinski definition) is 2. The Morgan fingerprint density at radius 3 is 1.28 bits per heavy atom. The highest BCUT2D eigenvalue weighted by molar-refractivity contribution is 8.03. The van der Waals surface area contributed by atoms with E-state index in [2.05, 4.69) is 24.3 Å². The first-order chi connectivity index (χ1) is 8.74. The van der Waals surface area contributed by atoms with Gasteiger partial charge in [-0.15, -0.1) is 23.5 Å². The molecule has 0 spiro atoms. The van der Waals surface area contributed by atoms with Gasteiger partial charge in [-0.05, 0) is 48.5 Å². The van der Waals surface area contributed by atoms with E-state index < -0.39 is 0 Å². The van der Waals surface area contributed by atoms with Crippen molar-refractivity contribution in [2.45, 2.75) is 9.79 Å². The lowest BCUT2D eigenvalue weighted by Gasteiger charge is -2.02. The van der Waals surface area contributed by atoms with Gasteiger partial charge in [-0.3, -0.25) is 0 Å². The molecule has 0 aliphatic rings. The van der Waals surface area contributed by atoms with E-state index in [1.807, 2.05) is 47.8 Å². The topological polar surface area (TPSA) is 0 Å². The van der Waals surface area contributed by atoms with E-state index in [9.17, 15) is 0 Å². The van der Waals surface area contributed by atoms with Crippen LogP contribution < -0.4 is 0 Å². The molecule has 0 saturated heterocycles. The van der Waals surface area contributed by atoms with Gasteiger partial charge in [0.1, 0.15) is 0 Å². The lowest BCUT2D eigenvalue weighted by molar-refractivity contribution is 1.41. The van der Waals surface area contributed by atoms with Gasteiger partial charge >= 0.3 is 0 Å². The summed E-state index contributed by atoms with van der Waals surface area (Å²) >= 11 is 15.4. The summed E-state index contributed by atoms with van der Waals surface area (Å²) in [6, 6.07) is 15.9. The van der Waals surface area contributed by atoms with E-state index in [4.69, 9.17) is 23.2 Å². The van der Waals surface area contributed by atoms with Crippen molar-refractivity contribution in [3.05, 3.63) is 58.6 Å². The van der Waals surface area contributed by atoms with Crippen molar-refractivity contribution in [1.29, 1.82) is 0 Å². The molecule has 0 nitrogen and oxygen atoms in total. The van der Waals surface area contributed by atoms with Gasteiger partial charge in [-0.1, -0.05) is 23.2 Å². The fourth-order valence-corrected chi connectivity index (χ4v) is 3.43. The van der Waals surface area contributed by atoms with Crippen LogP contribution in [-0.2, 0) is 0 Å². The van der Waals surface area contributed by atoms with Crippen LogP contribution in [0.5, 0.6) is 0 Å². The zero-order chi connectivity index (χ0) is 12.8. The van der Waals surface area contributed by atoms with Crippen LogP contribution in [0.1, 0.15) is 0 Å². The molecule has 0 unspecified atom stereocenters. The molecule has 0 N–H and O–H groups in total. The van der Waals surface area contributed by atoms with Crippen LogP contribution in [0, 0.1) is 0 Å². The molecule has 94 valence electrons. The second kappa shape index (κ2) is 7.34. The Hall–Kier alpha value is -0.280. The van der Waals surface area contributed by atoms with Gasteiger partial charge in [0, 0.05) is 31.3 Å². The molecule has 2 rings (SSSR count). The molecule has 2 aromatic rings. The minimum Gasteiger partial charge on any atom is -0.125 e. The Morgan fingerprint density at radius 2 is 0.944 bits per heavy atom. The predicted molar refractivity (Wildman–Crippen MR) is 84.4 cm³/mol. The van der Waals surface area contributed by atoms with Gasteiger partial charge in [0.25, 0.3) is 0 Å². The highest BCUT2D eigenvalue weighted by atomic mass is 35.5. The summed E-state index contributed by atoms with van der Waals surface area (Å²) in [6.07, 6.45) is 0. The first-order valence-electron chi connectivity index (χ1n) is 5.51. The van der Waals surface area contributed by atoms with Crippen molar-refractivity contribution in [1.82, 2.24) is 0 Å². The Bertz CT molecular complexity index is 433. The first kappa shape index (κ1) is 14.1. The molecule has 0 atom stereocenters. The van der Waals surface area contributed by atoms with Crippen LogP contribution in [0.15, 0.2) is 58.3 Å². The third kappa shape index (κ3) is 4.77. The lowest BCUT2D eigenvalue weighted by Crippen LogP contribution is -1.84. The lowest BCUT2D eigenvalue weighted by atomic mass is 10.4. The van der Waals surface area contributed by atoms with E-state index in [0.717, 1.165) is 21.6 Å². The fraction of sp³-hybridized carbons (Fsp3) is 0.143. The van der Waals surface area contributed by atoms with Crippen LogP contribution >= 0.6 is 46.7 Å². The molecule has 0 aliphatic heterocycles. The average molecular weight is 315 g/mol. The number of hydrogen-bond donors (Lipinski definition) is 0. The van der Waals surface area contributed by atoms with E-state index in [1.54, 1.807) is 0 Å². The van der Waals surface area contributed by atoms with Crippen molar-refractivity contribution < 1.29 is 0 Å². The van der Waals surface area contributed by atoms with Gasteiger partial charge in [0.05, 0.1) is 0 Å². The Kier molecular flexibility index (Phi) is 5.77. The van der Waals surface area contributed by atoms with Crippen LogP contribution in [0.25, 0.3) is 0 Å². The molecular formula is C14H12Cl2S2. The van der Waals surface area contributed by atoms with Gasteiger partial charge < -0.3 is 0 Å². The zero-order valence-electron chi connectivity index (χ0n) is 9.61. The second-order valence-electron chi connectivity index (χ2n) is 3.60. The van der Waals surface area contributed by atoms with Gasteiger partial charge in [0.15, 0.2) is 0 Å². The minimum absolute atomic E-state index is 0.787. The molecule has 2 aromatic carbocycles. The van der Waals surface area contributed by atoms with E-state index in [-0.39, 0.29) is 0 Å². The van der Waals surface area contributed by atoms with Crippen molar-refractivity contribution in [3.8, 4) is 0 Å². The Morgan fingerprint density at radius 1 is 0.611 bits per heavy atom. The fourth-order valence-electron chi connectivity index (χ4n) is 1.38. The third-order valence-corrected chi connectivity index (χ3v) is 5.04. The maximum absolute atomic E-state index is 5.84. The quantitative estimate of drug-likeness (QED) is 0.499. The van der Waals surface area contributed by atoms with Crippen LogP contribution in [0.3, 0.4) is 0 Å². The van der Waals surface area contributed by atoms with E-state index >= 15 is 0 Å². The Labute approximate surface area is 126 Å². The van der Waals surface area contributed by atoms with Gasteiger partial charge in [-0.2, -0.15) is 0 Å². The molecule has 0 radical (unpaired) electrons. The summed E-state index contributed by atoms with van der Waals surface area (Å²) in [5, 5.41) is 1.57. The SMILES string of the molecule is Clc1ccc(SCCSc2ccc(Cl)cc2)cc1. The molecular weight excluding hydrogens is 303 g/mol. The molecule has 4 heteroatoms. The van der Waals surface area contributed by atoms with Gasteiger partial charge in [-0.25, -0.2) is 0 Å². The smallest absolute Gasteiger partial charge is 0.0406 e. The number of halogens is 2. The highest BCUT2D eigenvalue weighted by Crippen LogP contribution is 2.24. The third-order valence-electron chi connectivity index (χ3n) is 2.25. The standard InChI is InChI=1S/C14H12Cl2S2/c15-11-1-5-13(6-2-11)17-9-10-18-14-7-3-12(16)4-8-14/h1-8H,9-10H2. The largest absolute Gasteiger partial charge is 0.125 e. The minimum atomic E-state index is 0.787. The average Bonchev–Trinajstić information content (AvgIpc) is 2.39. The summed E-state index contributed by atoms with van der Waals surface area (Å²) in [6.45, 7) is 0. The number of rotatable bonds is 5. The molecule has 0 heterocycles. The van der Waals surface area contributed by atoms with E-state index in [1.165, 1.54) is 9.79 Å². The van der Waals surface area contributed by atoms with Crippen LogP contribution in [0.4, 0.5) is 0 Å².